The predicted molar refractivity (Wildman–Crippen MR) is 125 cm³/mol. The molecule has 1 N–H and O–H groups in total. The van der Waals surface area contributed by atoms with E-state index in [0.717, 1.165) is 17.5 Å². The van der Waals surface area contributed by atoms with E-state index in [4.69, 9.17) is 11.6 Å². The Balaban J connectivity index is 1.38. The van der Waals surface area contributed by atoms with Crippen LogP contribution in [0.1, 0.15) is 5.56 Å². The molecule has 0 saturated carbocycles. The van der Waals surface area contributed by atoms with Gasteiger partial charge in [0.15, 0.2) is 5.82 Å². The molecule has 32 heavy (non-hydrogen) atoms. The Bertz CT molecular complexity index is 1680. The van der Waals surface area contributed by atoms with Crippen molar-refractivity contribution in [1.29, 1.82) is 0 Å². The zero-order valence-electron chi connectivity index (χ0n) is 16.9. The second-order valence-electron chi connectivity index (χ2n) is 7.61. The van der Waals surface area contributed by atoms with Crippen molar-refractivity contribution in [1.82, 2.24) is 29.1 Å². The van der Waals surface area contributed by atoms with Gasteiger partial charge in [-0.05, 0) is 36.2 Å². The number of para-hydroxylation sites is 1. The number of aromatic nitrogens is 6. The molecule has 0 atom stereocenters. The number of halogens is 1. The van der Waals surface area contributed by atoms with Crippen molar-refractivity contribution in [2.45, 2.75) is 13.0 Å². The first-order valence-electron chi connectivity index (χ1n) is 10.2. The van der Waals surface area contributed by atoms with Crippen LogP contribution in [-0.2, 0) is 13.0 Å². The lowest BCUT2D eigenvalue weighted by molar-refractivity contribution is 0.676. The fourth-order valence-corrected chi connectivity index (χ4v) is 4.29. The monoisotopic (exact) mass is 440 g/mol. The van der Waals surface area contributed by atoms with Crippen LogP contribution in [0.3, 0.4) is 0 Å². The van der Waals surface area contributed by atoms with Gasteiger partial charge in [-0.2, -0.15) is 9.50 Å². The Labute approximate surface area is 186 Å². The molecule has 6 rings (SSSR count). The molecule has 7 nitrogen and oxygen atoms in total. The lowest BCUT2D eigenvalue weighted by atomic mass is 10.1. The Morgan fingerprint density at radius 3 is 2.75 bits per heavy atom. The van der Waals surface area contributed by atoms with Gasteiger partial charge in [0.25, 0.3) is 11.3 Å². The molecule has 8 heteroatoms. The fourth-order valence-electron chi connectivity index (χ4n) is 4.07. The van der Waals surface area contributed by atoms with Gasteiger partial charge in [-0.3, -0.25) is 4.79 Å². The molecule has 0 bridgehead atoms. The normalized spacial score (nSPS) is 11.7. The summed E-state index contributed by atoms with van der Waals surface area (Å²) in [5.74, 6) is 0.891. The first-order valence-corrected chi connectivity index (χ1v) is 10.6. The number of rotatable bonds is 4. The number of benzene rings is 2. The molecule has 4 heterocycles. The first kappa shape index (κ1) is 18.8. The van der Waals surface area contributed by atoms with Gasteiger partial charge in [-0.1, -0.05) is 41.9 Å². The topological polar surface area (TPSA) is 80.9 Å². The van der Waals surface area contributed by atoms with Gasteiger partial charge >= 0.3 is 0 Å². The third-order valence-corrected chi connectivity index (χ3v) is 6.05. The molecular formula is C24H17ClN6O. The summed E-state index contributed by atoms with van der Waals surface area (Å²) in [7, 11) is 0. The Morgan fingerprint density at radius 2 is 1.84 bits per heavy atom. The molecule has 2 aromatic carbocycles. The van der Waals surface area contributed by atoms with Crippen LogP contribution in [0.5, 0.6) is 0 Å². The Morgan fingerprint density at radius 1 is 1.00 bits per heavy atom. The van der Waals surface area contributed by atoms with E-state index in [0.29, 0.717) is 34.1 Å². The van der Waals surface area contributed by atoms with Crippen LogP contribution >= 0.6 is 11.6 Å². The summed E-state index contributed by atoms with van der Waals surface area (Å²) in [5.41, 5.74) is 3.56. The summed E-state index contributed by atoms with van der Waals surface area (Å²) >= 11 is 6.30. The van der Waals surface area contributed by atoms with E-state index in [1.165, 1.54) is 10.9 Å². The number of fused-ring (bicyclic) bond motifs is 4. The highest BCUT2D eigenvalue weighted by Gasteiger charge is 2.14. The van der Waals surface area contributed by atoms with E-state index in [-0.39, 0.29) is 5.56 Å². The summed E-state index contributed by atoms with van der Waals surface area (Å²) in [5, 5.41) is 6.81. The number of H-pyrrole nitrogens is 1. The average molecular weight is 441 g/mol. The smallest absolute Gasteiger partial charge is 0.261 e. The SMILES string of the molecule is O=c1c2cnc3nc(-c4ccccc4Cl)nn3c2ccn1CCc1c[nH]c2ccccc12. The van der Waals surface area contributed by atoms with Crippen LogP contribution in [0.15, 0.2) is 78.0 Å². The lowest BCUT2D eigenvalue weighted by Gasteiger charge is -2.07. The van der Waals surface area contributed by atoms with Crippen LogP contribution in [0, 0.1) is 0 Å². The van der Waals surface area contributed by atoms with E-state index < -0.39 is 0 Å². The number of nitrogens with one attached hydrogen (secondary N) is 1. The third kappa shape index (κ3) is 2.98. The largest absolute Gasteiger partial charge is 0.361 e. The number of pyridine rings is 1. The van der Waals surface area contributed by atoms with Crippen molar-refractivity contribution < 1.29 is 0 Å². The molecule has 0 saturated heterocycles. The van der Waals surface area contributed by atoms with Gasteiger partial charge in [0.2, 0.25) is 0 Å². The van der Waals surface area contributed by atoms with Crippen molar-refractivity contribution in [3.63, 3.8) is 0 Å². The van der Waals surface area contributed by atoms with Crippen molar-refractivity contribution in [3.8, 4) is 11.4 Å². The molecule has 0 fully saturated rings. The molecule has 156 valence electrons. The Kier molecular flexibility index (Phi) is 4.29. The maximum atomic E-state index is 13.2. The van der Waals surface area contributed by atoms with Gasteiger partial charge < -0.3 is 9.55 Å². The second kappa shape index (κ2) is 7.32. The maximum Gasteiger partial charge on any atom is 0.261 e. The number of nitrogens with zero attached hydrogens (tertiary/aromatic N) is 5. The van der Waals surface area contributed by atoms with E-state index >= 15 is 0 Å². The van der Waals surface area contributed by atoms with E-state index in [9.17, 15) is 4.79 Å². The average Bonchev–Trinajstić information content (AvgIpc) is 3.43. The third-order valence-electron chi connectivity index (χ3n) is 5.72. The van der Waals surface area contributed by atoms with Crippen molar-refractivity contribution in [2.75, 3.05) is 0 Å². The highest BCUT2D eigenvalue weighted by atomic mass is 35.5. The second-order valence-corrected chi connectivity index (χ2v) is 8.02. The lowest BCUT2D eigenvalue weighted by Crippen LogP contribution is -2.21. The van der Waals surface area contributed by atoms with Crippen LogP contribution in [0.4, 0.5) is 0 Å². The summed E-state index contributed by atoms with van der Waals surface area (Å²) in [4.78, 5) is 25.3. The molecular weight excluding hydrogens is 424 g/mol. The number of hydrogen-bond acceptors (Lipinski definition) is 4. The Hall–Kier alpha value is -3.97. The summed E-state index contributed by atoms with van der Waals surface area (Å²) < 4.78 is 3.31. The fraction of sp³-hybridized carbons (Fsp3) is 0.0833. The maximum absolute atomic E-state index is 13.2. The van der Waals surface area contributed by atoms with Crippen LogP contribution in [0.25, 0.3) is 39.0 Å². The van der Waals surface area contributed by atoms with Gasteiger partial charge in [-0.25, -0.2) is 4.98 Å². The minimum absolute atomic E-state index is 0.105. The molecule has 4 aromatic heterocycles. The number of hydrogen-bond donors (Lipinski definition) is 1. The standard InChI is InChI=1S/C24H17ClN6O/c25-19-7-3-1-6-17(19)22-28-24-27-14-18-21(31(24)29-22)10-12-30(23(18)32)11-9-15-13-26-20-8-4-2-5-16(15)20/h1-8,10,12-14,26H,9,11H2. The molecule has 0 aliphatic carbocycles. The molecule has 6 aromatic rings. The summed E-state index contributed by atoms with van der Waals surface area (Å²) in [6.07, 6.45) is 6.12. The van der Waals surface area contributed by atoms with Gasteiger partial charge in [0.05, 0.1) is 15.9 Å². The molecule has 0 radical (unpaired) electrons. The predicted octanol–water partition coefficient (Wildman–Crippen LogP) is 4.48. The summed E-state index contributed by atoms with van der Waals surface area (Å²) in [6, 6.07) is 17.4. The summed E-state index contributed by atoms with van der Waals surface area (Å²) in [6.45, 7) is 0.566. The molecule has 0 amide bonds. The molecule has 0 unspecified atom stereocenters. The quantitative estimate of drug-likeness (QED) is 0.438. The van der Waals surface area contributed by atoms with Gasteiger partial charge in [-0.15, -0.1) is 5.10 Å². The van der Waals surface area contributed by atoms with Crippen molar-refractivity contribution in [2.24, 2.45) is 0 Å². The zero-order valence-corrected chi connectivity index (χ0v) is 17.6. The number of aryl methyl sites for hydroxylation is 2. The van der Waals surface area contributed by atoms with Crippen LogP contribution < -0.4 is 5.56 Å². The van der Waals surface area contributed by atoms with Gasteiger partial charge in [0.1, 0.15) is 0 Å². The zero-order chi connectivity index (χ0) is 21.7. The molecule has 0 aliphatic rings. The highest BCUT2D eigenvalue weighted by Crippen LogP contribution is 2.25. The van der Waals surface area contributed by atoms with E-state index in [1.807, 2.05) is 48.7 Å². The molecule has 0 aliphatic heterocycles. The highest BCUT2D eigenvalue weighted by molar-refractivity contribution is 6.33. The van der Waals surface area contributed by atoms with Crippen LogP contribution in [0.2, 0.25) is 5.02 Å². The number of aromatic amines is 1. The van der Waals surface area contributed by atoms with E-state index in [1.54, 1.807) is 27.5 Å². The van der Waals surface area contributed by atoms with Crippen LogP contribution in [-0.4, -0.2) is 29.1 Å². The van der Waals surface area contributed by atoms with Crippen molar-refractivity contribution >= 4 is 39.2 Å². The minimum Gasteiger partial charge on any atom is -0.361 e. The molecule has 0 spiro atoms. The van der Waals surface area contributed by atoms with Crippen molar-refractivity contribution in [3.05, 3.63) is 94.1 Å². The van der Waals surface area contributed by atoms with Gasteiger partial charge in [0, 0.05) is 41.6 Å². The first-order chi connectivity index (χ1) is 15.7. The van der Waals surface area contributed by atoms with E-state index in [2.05, 4.69) is 26.1 Å². The minimum atomic E-state index is -0.105.